The monoisotopic (exact) mass is 276 g/mol. The lowest BCUT2D eigenvalue weighted by atomic mass is 10.1. The fraction of sp³-hybridized carbons (Fsp3) is 0.333. The quantitative estimate of drug-likeness (QED) is 0.758. The average Bonchev–Trinajstić information content (AvgIpc) is 2.47. The molecule has 19 heavy (non-hydrogen) atoms. The van der Waals surface area contributed by atoms with Crippen molar-refractivity contribution in [3.63, 3.8) is 0 Å². The number of benzene rings is 2. The molecule has 0 bridgehead atoms. The molecule has 2 aromatic rings. The fourth-order valence-electron chi connectivity index (χ4n) is 2.30. The standard InChI is InChI=1S/C15H20O3Si/c1-4-18-19(16-2,17-3)12-14-10-7-9-13-8-5-6-11-15(13)14/h5-11H,4,12H2,1-3H3. The highest BCUT2D eigenvalue weighted by molar-refractivity contribution is 6.60. The fourth-order valence-corrected chi connectivity index (χ4v) is 4.30. The molecule has 102 valence electrons. The highest BCUT2D eigenvalue weighted by Crippen LogP contribution is 2.23. The van der Waals surface area contributed by atoms with Crippen molar-refractivity contribution in [3.8, 4) is 0 Å². The van der Waals surface area contributed by atoms with Crippen LogP contribution in [0.5, 0.6) is 0 Å². The molecule has 0 fully saturated rings. The van der Waals surface area contributed by atoms with E-state index in [4.69, 9.17) is 13.3 Å². The molecule has 0 amide bonds. The van der Waals surface area contributed by atoms with Gasteiger partial charge in [-0.25, -0.2) is 0 Å². The number of fused-ring (bicyclic) bond motifs is 1. The van der Waals surface area contributed by atoms with Crippen LogP contribution < -0.4 is 0 Å². The van der Waals surface area contributed by atoms with Crippen molar-refractivity contribution >= 4 is 19.6 Å². The largest absolute Gasteiger partial charge is 0.505 e. The van der Waals surface area contributed by atoms with Crippen LogP contribution in [0.25, 0.3) is 10.8 Å². The maximum absolute atomic E-state index is 5.78. The molecule has 0 aliphatic carbocycles. The first kappa shape index (κ1) is 14.2. The van der Waals surface area contributed by atoms with E-state index in [0.717, 1.165) is 0 Å². The van der Waals surface area contributed by atoms with Gasteiger partial charge in [0.25, 0.3) is 0 Å². The van der Waals surface area contributed by atoms with E-state index >= 15 is 0 Å². The number of hydrogen-bond acceptors (Lipinski definition) is 3. The summed E-state index contributed by atoms with van der Waals surface area (Å²) in [6.07, 6.45) is 0. The molecule has 0 saturated carbocycles. The van der Waals surface area contributed by atoms with Gasteiger partial charge in [0.1, 0.15) is 0 Å². The van der Waals surface area contributed by atoms with Gasteiger partial charge in [0.15, 0.2) is 0 Å². The maximum Gasteiger partial charge on any atom is 0.505 e. The third-order valence-corrected chi connectivity index (χ3v) is 6.06. The molecule has 0 unspecified atom stereocenters. The van der Waals surface area contributed by atoms with Gasteiger partial charge >= 0.3 is 8.80 Å². The third kappa shape index (κ3) is 3.04. The van der Waals surface area contributed by atoms with Crippen LogP contribution in [-0.2, 0) is 19.3 Å². The molecule has 0 aliphatic heterocycles. The molecule has 0 N–H and O–H groups in total. The summed E-state index contributed by atoms with van der Waals surface area (Å²) >= 11 is 0. The van der Waals surface area contributed by atoms with E-state index in [0.29, 0.717) is 12.7 Å². The molecule has 0 radical (unpaired) electrons. The van der Waals surface area contributed by atoms with Crippen molar-refractivity contribution < 1.29 is 13.3 Å². The molecule has 0 saturated heterocycles. The van der Waals surface area contributed by atoms with Gasteiger partial charge in [0.05, 0.1) is 0 Å². The first-order valence-electron chi connectivity index (χ1n) is 6.45. The Morgan fingerprint density at radius 3 is 2.32 bits per heavy atom. The van der Waals surface area contributed by atoms with E-state index in [2.05, 4.69) is 36.4 Å². The molecule has 0 aromatic heterocycles. The van der Waals surface area contributed by atoms with Crippen molar-refractivity contribution in [1.82, 2.24) is 0 Å². The molecule has 0 heterocycles. The molecule has 4 heteroatoms. The summed E-state index contributed by atoms with van der Waals surface area (Å²) in [4.78, 5) is 0. The van der Waals surface area contributed by atoms with Crippen molar-refractivity contribution in [1.29, 1.82) is 0 Å². The van der Waals surface area contributed by atoms with E-state index in [-0.39, 0.29) is 0 Å². The third-order valence-electron chi connectivity index (χ3n) is 3.27. The first-order chi connectivity index (χ1) is 9.24. The molecule has 0 spiro atoms. The Labute approximate surface area is 115 Å². The van der Waals surface area contributed by atoms with Crippen LogP contribution in [0.4, 0.5) is 0 Å². The highest BCUT2D eigenvalue weighted by Gasteiger charge is 2.39. The summed E-state index contributed by atoms with van der Waals surface area (Å²) in [6.45, 7) is 2.56. The van der Waals surface area contributed by atoms with Crippen molar-refractivity contribution in [2.45, 2.75) is 13.0 Å². The molecular formula is C15H20O3Si. The lowest BCUT2D eigenvalue weighted by Gasteiger charge is -2.26. The van der Waals surface area contributed by atoms with Gasteiger partial charge in [0, 0.05) is 26.9 Å². The second-order valence-corrected chi connectivity index (χ2v) is 7.16. The van der Waals surface area contributed by atoms with Gasteiger partial charge in [-0.3, -0.25) is 0 Å². The Kier molecular flexibility index (Phi) is 4.71. The highest BCUT2D eigenvalue weighted by atomic mass is 28.4. The van der Waals surface area contributed by atoms with E-state index in [1.165, 1.54) is 16.3 Å². The Balaban J connectivity index is 2.39. The minimum Gasteiger partial charge on any atom is -0.377 e. The van der Waals surface area contributed by atoms with Gasteiger partial charge in [0.2, 0.25) is 0 Å². The molecular weight excluding hydrogens is 256 g/mol. The van der Waals surface area contributed by atoms with Crippen LogP contribution >= 0.6 is 0 Å². The maximum atomic E-state index is 5.78. The Hall–Kier alpha value is -1.20. The average molecular weight is 276 g/mol. The summed E-state index contributed by atoms with van der Waals surface area (Å²) in [5.41, 5.74) is 1.21. The van der Waals surface area contributed by atoms with Crippen molar-refractivity contribution in [2.75, 3.05) is 20.8 Å². The second kappa shape index (κ2) is 6.30. The molecule has 3 nitrogen and oxygen atoms in total. The zero-order valence-corrected chi connectivity index (χ0v) is 12.7. The van der Waals surface area contributed by atoms with Crippen LogP contribution in [0.15, 0.2) is 42.5 Å². The van der Waals surface area contributed by atoms with E-state index in [1.54, 1.807) is 14.2 Å². The Morgan fingerprint density at radius 1 is 0.947 bits per heavy atom. The molecule has 2 aromatic carbocycles. The van der Waals surface area contributed by atoms with Gasteiger partial charge < -0.3 is 13.3 Å². The van der Waals surface area contributed by atoms with Gasteiger partial charge in [-0.15, -0.1) is 0 Å². The predicted molar refractivity (Wildman–Crippen MR) is 79.1 cm³/mol. The summed E-state index contributed by atoms with van der Waals surface area (Å²) < 4.78 is 16.9. The van der Waals surface area contributed by atoms with Crippen LogP contribution in [0, 0.1) is 0 Å². The second-order valence-electron chi connectivity index (χ2n) is 4.34. The lowest BCUT2D eigenvalue weighted by molar-refractivity contribution is 0.103. The SMILES string of the molecule is CCO[Si](Cc1cccc2ccccc12)(OC)OC. The Morgan fingerprint density at radius 2 is 1.63 bits per heavy atom. The lowest BCUT2D eigenvalue weighted by Crippen LogP contribution is -2.46. The summed E-state index contributed by atoms with van der Waals surface area (Å²) in [7, 11) is 0.725. The minimum atomic E-state index is -2.60. The molecule has 0 atom stereocenters. The molecule has 0 aliphatic rings. The predicted octanol–water partition coefficient (Wildman–Crippen LogP) is 3.19. The van der Waals surface area contributed by atoms with Crippen molar-refractivity contribution in [2.24, 2.45) is 0 Å². The van der Waals surface area contributed by atoms with Gasteiger partial charge in [-0.05, 0) is 23.3 Å². The van der Waals surface area contributed by atoms with Gasteiger partial charge in [-0.2, -0.15) is 0 Å². The van der Waals surface area contributed by atoms with E-state index in [9.17, 15) is 0 Å². The van der Waals surface area contributed by atoms with Crippen LogP contribution in [0.3, 0.4) is 0 Å². The topological polar surface area (TPSA) is 27.7 Å². The van der Waals surface area contributed by atoms with Crippen molar-refractivity contribution in [3.05, 3.63) is 48.0 Å². The zero-order chi connectivity index (χ0) is 13.7. The van der Waals surface area contributed by atoms with Crippen LogP contribution in [-0.4, -0.2) is 29.6 Å². The number of hydrogen-bond donors (Lipinski definition) is 0. The summed E-state index contributed by atoms with van der Waals surface area (Å²) in [6, 6.07) is 15.3. The normalized spacial score (nSPS) is 11.9. The number of rotatable bonds is 6. The summed E-state index contributed by atoms with van der Waals surface area (Å²) in [5.74, 6) is 0. The van der Waals surface area contributed by atoms with Crippen LogP contribution in [0.2, 0.25) is 0 Å². The van der Waals surface area contributed by atoms with Crippen LogP contribution in [0.1, 0.15) is 12.5 Å². The summed E-state index contributed by atoms with van der Waals surface area (Å²) in [5, 5.41) is 2.46. The Bertz CT molecular complexity index is 532. The zero-order valence-electron chi connectivity index (χ0n) is 11.7. The minimum absolute atomic E-state index is 0.596. The molecule has 2 rings (SSSR count). The smallest absolute Gasteiger partial charge is 0.377 e. The first-order valence-corrected chi connectivity index (χ1v) is 8.38. The van der Waals surface area contributed by atoms with E-state index < -0.39 is 8.80 Å². The van der Waals surface area contributed by atoms with Gasteiger partial charge in [-0.1, -0.05) is 42.5 Å². The van der Waals surface area contributed by atoms with E-state index in [1.807, 2.05) is 13.0 Å².